The Balaban J connectivity index is 1.52. The van der Waals surface area contributed by atoms with Crippen molar-refractivity contribution < 1.29 is 9.59 Å². The molecule has 4 rings (SSSR count). The summed E-state index contributed by atoms with van der Waals surface area (Å²) in [6.45, 7) is 0. The quantitative estimate of drug-likeness (QED) is 0.736. The fraction of sp³-hybridized carbons (Fsp3) is 0.136. The Morgan fingerprint density at radius 1 is 1.00 bits per heavy atom. The van der Waals surface area contributed by atoms with E-state index in [0.29, 0.717) is 12.0 Å². The van der Waals surface area contributed by atoms with Gasteiger partial charge in [0.25, 0.3) is 0 Å². The number of benzene rings is 2. The van der Waals surface area contributed by atoms with Gasteiger partial charge in [0.15, 0.2) is 0 Å². The second-order valence-corrected chi connectivity index (χ2v) is 6.74. The van der Waals surface area contributed by atoms with Crippen molar-refractivity contribution in [1.29, 1.82) is 0 Å². The molecule has 0 atom stereocenters. The molecule has 134 valence electrons. The molecule has 0 spiro atoms. The summed E-state index contributed by atoms with van der Waals surface area (Å²) in [4.78, 5) is 27.2. The first-order valence-corrected chi connectivity index (χ1v) is 8.84. The first kappa shape index (κ1) is 17.0. The van der Waals surface area contributed by atoms with E-state index in [0.717, 1.165) is 46.3 Å². The molecule has 2 heterocycles. The Bertz CT molecular complexity index is 1040. The monoisotopic (exact) mass is 357 g/mol. The number of fused-ring (bicyclic) bond motifs is 1. The normalized spacial score (nSPS) is 12.5. The number of nitrogens with zero attached hydrogens (tertiary/aromatic N) is 1. The first-order chi connectivity index (χ1) is 13.1. The molecule has 1 aliphatic rings. The SMILES string of the molecule is NC(=O)c1cccc(CCc2cncc(-c3ccc4c(c3)NC(=O)C4)c2)c1. The Kier molecular flexibility index (Phi) is 4.42. The number of aryl methyl sites for hydroxylation is 2. The van der Waals surface area contributed by atoms with Gasteiger partial charge in [0.05, 0.1) is 6.42 Å². The molecule has 1 aromatic heterocycles. The van der Waals surface area contributed by atoms with E-state index < -0.39 is 5.91 Å². The minimum atomic E-state index is -0.413. The minimum absolute atomic E-state index is 0.0345. The van der Waals surface area contributed by atoms with Crippen LogP contribution in [0.5, 0.6) is 0 Å². The highest BCUT2D eigenvalue weighted by molar-refractivity contribution is 6.00. The van der Waals surface area contributed by atoms with Crippen LogP contribution in [0.4, 0.5) is 5.69 Å². The Labute approximate surface area is 157 Å². The number of rotatable bonds is 5. The van der Waals surface area contributed by atoms with Crippen LogP contribution < -0.4 is 11.1 Å². The highest BCUT2D eigenvalue weighted by atomic mass is 16.2. The third kappa shape index (κ3) is 3.72. The van der Waals surface area contributed by atoms with Gasteiger partial charge in [0, 0.05) is 29.2 Å². The molecule has 0 saturated heterocycles. The van der Waals surface area contributed by atoms with Crippen LogP contribution >= 0.6 is 0 Å². The highest BCUT2D eigenvalue weighted by Gasteiger charge is 2.17. The van der Waals surface area contributed by atoms with E-state index in [1.54, 1.807) is 6.07 Å². The molecule has 0 aliphatic carbocycles. The number of aromatic nitrogens is 1. The highest BCUT2D eigenvalue weighted by Crippen LogP contribution is 2.29. The molecule has 0 bridgehead atoms. The van der Waals surface area contributed by atoms with Crippen LogP contribution in [0.15, 0.2) is 60.9 Å². The average molecular weight is 357 g/mol. The van der Waals surface area contributed by atoms with Gasteiger partial charge < -0.3 is 11.1 Å². The maximum atomic E-state index is 11.5. The summed E-state index contributed by atoms with van der Waals surface area (Å²) in [7, 11) is 0. The predicted octanol–water partition coefficient (Wildman–Crippen LogP) is 3.13. The molecule has 0 fully saturated rings. The fourth-order valence-corrected chi connectivity index (χ4v) is 3.34. The maximum Gasteiger partial charge on any atom is 0.248 e. The third-order valence-corrected chi connectivity index (χ3v) is 4.78. The number of nitrogens with one attached hydrogen (secondary N) is 1. The largest absolute Gasteiger partial charge is 0.366 e. The van der Waals surface area contributed by atoms with Crippen molar-refractivity contribution >= 4 is 17.5 Å². The predicted molar refractivity (Wildman–Crippen MR) is 104 cm³/mol. The van der Waals surface area contributed by atoms with Crippen LogP contribution in [-0.4, -0.2) is 16.8 Å². The lowest BCUT2D eigenvalue weighted by Gasteiger charge is -2.08. The number of hydrogen-bond donors (Lipinski definition) is 2. The lowest BCUT2D eigenvalue weighted by molar-refractivity contribution is -0.115. The molecule has 5 nitrogen and oxygen atoms in total. The van der Waals surface area contributed by atoms with Crippen molar-refractivity contribution in [3.8, 4) is 11.1 Å². The molecular weight excluding hydrogens is 338 g/mol. The standard InChI is InChI=1S/C22H19N3O2/c23-22(27)18-3-1-2-14(8-18)4-5-15-9-19(13-24-12-15)16-6-7-17-11-21(26)25-20(17)10-16/h1-3,6-10,12-13H,4-5,11H2,(H2,23,27)(H,25,26). The molecule has 0 radical (unpaired) electrons. The molecule has 3 aromatic rings. The maximum absolute atomic E-state index is 11.5. The van der Waals surface area contributed by atoms with Crippen LogP contribution in [0.2, 0.25) is 0 Å². The molecule has 5 heteroatoms. The summed E-state index contributed by atoms with van der Waals surface area (Å²) in [6, 6.07) is 15.5. The number of carbonyl (C=O) groups excluding carboxylic acids is 2. The molecule has 2 aromatic carbocycles. The van der Waals surface area contributed by atoms with Crippen LogP contribution in [0.3, 0.4) is 0 Å². The third-order valence-electron chi connectivity index (χ3n) is 4.78. The summed E-state index contributed by atoms with van der Waals surface area (Å²) in [5.74, 6) is -0.378. The zero-order chi connectivity index (χ0) is 18.8. The Morgan fingerprint density at radius 2 is 1.85 bits per heavy atom. The van der Waals surface area contributed by atoms with E-state index in [1.165, 1.54) is 0 Å². The number of primary amides is 1. The van der Waals surface area contributed by atoms with Crippen molar-refractivity contribution in [2.45, 2.75) is 19.3 Å². The number of hydrogen-bond acceptors (Lipinski definition) is 3. The zero-order valence-electron chi connectivity index (χ0n) is 14.7. The average Bonchev–Trinajstić information content (AvgIpc) is 3.06. The van der Waals surface area contributed by atoms with Crippen molar-refractivity contribution in [3.63, 3.8) is 0 Å². The van der Waals surface area contributed by atoms with E-state index in [-0.39, 0.29) is 5.91 Å². The van der Waals surface area contributed by atoms with Gasteiger partial charge in [-0.3, -0.25) is 14.6 Å². The van der Waals surface area contributed by atoms with Gasteiger partial charge >= 0.3 is 0 Å². The lowest BCUT2D eigenvalue weighted by atomic mass is 9.99. The van der Waals surface area contributed by atoms with Gasteiger partial charge in [-0.15, -0.1) is 0 Å². The minimum Gasteiger partial charge on any atom is -0.366 e. The molecular formula is C22H19N3O2. The van der Waals surface area contributed by atoms with Crippen molar-refractivity contribution in [1.82, 2.24) is 4.98 Å². The Hall–Kier alpha value is -3.47. The van der Waals surface area contributed by atoms with E-state index >= 15 is 0 Å². The smallest absolute Gasteiger partial charge is 0.248 e. The van der Waals surface area contributed by atoms with Crippen LogP contribution in [-0.2, 0) is 24.1 Å². The molecule has 3 N–H and O–H groups in total. The number of anilines is 1. The summed E-state index contributed by atoms with van der Waals surface area (Å²) < 4.78 is 0. The van der Waals surface area contributed by atoms with E-state index in [1.807, 2.05) is 48.8 Å². The van der Waals surface area contributed by atoms with Crippen molar-refractivity contribution in [2.75, 3.05) is 5.32 Å². The molecule has 0 unspecified atom stereocenters. The van der Waals surface area contributed by atoms with Crippen LogP contribution in [0.1, 0.15) is 27.0 Å². The number of pyridine rings is 1. The van der Waals surface area contributed by atoms with Gasteiger partial charge in [-0.25, -0.2) is 0 Å². The molecule has 2 amide bonds. The van der Waals surface area contributed by atoms with Gasteiger partial charge in [-0.2, -0.15) is 0 Å². The van der Waals surface area contributed by atoms with Gasteiger partial charge in [-0.05, 0) is 59.4 Å². The second kappa shape index (κ2) is 7.03. The number of nitrogens with two attached hydrogens (primary N) is 1. The number of amides is 2. The van der Waals surface area contributed by atoms with Gasteiger partial charge in [0.1, 0.15) is 0 Å². The topological polar surface area (TPSA) is 85.1 Å². The number of carbonyl (C=O) groups is 2. The van der Waals surface area contributed by atoms with E-state index in [4.69, 9.17) is 5.73 Å². The van der Waals surface area contributed by atoms with E-state index in [2.05, 4.69) is 16.4 Å². The molecule has 27 heavy (non-hydrogen) atoms. The van der Waals surface area contributed by atoms with Gasteiger partial charge in [0.2, 0.25) is 11.8 Å². The lowest BCUT2D eigenvalue weighted by Crippen LogP contribution is -2.11. The summed E-state index contributed by atoms with van der Waals surface area (Å²) >= 11 is 0. The Morgan fingerprint density at radius 3 is 2.70 bits per heavy atom. The molecule has 1 aliphatic heterocycles. The van der Waals surface area contributed by atoms with Crippen LogP contribution in [0.25, 0.3) is 11.1 Å². The summed E-state index contributed by atoms with van der Waals surface area (Å²) in [5, 5.41) is 2.89. The summed E-state index contributed by atoms with van der Waals surface area (Å²) in [5.41, 5.74) is 12.0. The summed E-state index contributed by atoms with van der Waals surface area (Å²) in [6.07, 6.45) is 5.74. The van der Waals surface area contributed by atoms with Crippen molar-refractivity contribution in [2.24, 2.45) is 5.73 Å². The first-order valence-electron chi connectivity index (χ1n) is 8.84. The van der Waals surface area contributed by atoms with Crippen LogP contribution in [0, 0.1) is 0 Å². The fourth-order valence-electron chi connectivity index (χ4n) is 3.34. The second-order valence-electron chi connectivity index (χ2n) is 6.74. The van der Waals surface area contributed by atoms with Gasteiger partial charge in [-0.1, -0.05) is 24.3 Å². The van der Waals surface area contributed by atoms with E-state index in [9.17, 15) is 9.59 Å². The zero-order valence-corrected chi connectivity index (χ0v) is 14.7. The van der Waals surface area contributed by atoms with Crippen molar-refractivity contribution in [3.05, 3.63) is 83.2 Å². The molecule has 0 saturated carbocycles.